The monoisotopic (exact) mass is 798 g/mol. The lowest BCUT2D eigenvalue weighted by molar-refractivity contribution is -0.140. The molecule has 4 aromatic carbocycles. The molecule has 0 bridgehead atoms. The van der Waals surface area contributed by atoms with E-state index in [2.05, 4.69) is 31.6 Å². The van der Waals surface area contributed by atoms with E-state index in [9.17, 15) is 25.2 Å². The van der Waals surface area contributed by atoms with Gasteiger partial charge in [0.2, 0.25) is 0 Å². The van der Waals surface area contributed by atoms with Gasteiger partial charge in [-0.15, -0.1) is 0 Å². The molecule has 1 heterocycles. The number of aliphatic carboxylic acids is 1. The van der Waals surface area contributed by atoms with Gasteiger partial charge in [0.25, 0.3) is 0 Å². The van der Waals surface area contributed by atoms with Crippen molar-refractivity contribution in [2.75, 3.05) is 46.1 Å². The maximum Gasteiger partial charge on any atom is 0.323 e. The van der Waals surface area contributed by atoms with Gasteiger partial charge >= 0.3 is 5.97 Å². The Hall–Kier alpha value is -4.28. The van der Waals surface area contributed by atoms with E-state index in [-0.39, 0.29) is 33.0 Å². The lowest BCUT2D eigenvalue weighted by Crippen LogP contribution is -2.39. The van der Waals surface area contributed by atoms with Crippen LogP contribution in [0.5, 0.6) is 17.2 Å². The van der Waals surface area contributed by atoms with E-state index in [0.717, 1.165) is 38.9 Å². The number of nitrogens with one attached hydrogen (secondary N) is 1. The fourth-order valence-corrected chi connectivity index (χ4v) is 6.27. The van der Waals surface area contributed by atoms with E-state index in [1.54, 1.807) is 24.3 Å². The minimum atomic E-state index is -1.19. The summed E-state index contributed by atoms with van der Waals surface area (Å²) in [7, 11) is 0. The lowest BCUT2D eigenvalue weighted by atomic mass is 10.0. The highest BCUT2D eigenvalue weighted by atomic mass is 79.9. The standard InChI is InChI=1S/C37H40BrClN4O9/c38-36-26(5-2-7-29(36)25-4-1-6-28(17-25)49-15-3-10-43(11-13-44)12-14-45)23-51-35-19-34(27(18-30(35)39)20-40-33(21-46)37(47)48)50-22-24-8-9-31-32(16-24)42-52-41-31/h1-2,4-9,16-19,33,40,44-46H,3,10-15,20-23H2,(H,47,48). The van der Waals surface area contributed by atoms with Gasteiger partial charge in [-0.2, -0.15) is 0 Å². The Morgan fingerprint density at radius 3 is 2.40 bits per heavy atom. The van der Waals surface area contributed by atoms with E-state index >= 15 is 0 Å². The average molecular weight is 800 g/mol. The molecule has 1 atom stereocenters. The number of aromatic nitrogens is 2. The summed E-state index contributed by atoms with van der Waals surface area (Å²) in [4.78, 5) is 13.5. The van der Waals surface area contributed by atoms with Crippen molar-refractivity contribution >= 4 is 44.5 Å². The van der Waals surface area contributed by atoms with Crippen LogP contribution in [0.4, 0.5) is 0 Å². The molecule has 0 saturated heterocycles. The van der Waals surface area contributed by atoms with Gasteiger partial charge < -0.3 is 34.6 Å². The Bertz CT molecular complexity index is 1920. The Morgan fingerprint density at radius 2 is 1.63 bits per heavy atom. The Labute approximate surface area is 313 Å². The number of ether oxygens (including phenoxy) is 3. The average Bonchev–Trinajstić information content (AvgIpc) is 3.61. The predicted molar refractivity (Wildman–Crippen MR) is 198 cm³/mol. The first kappa shape index (κ1) is 38.9. The van der Waals surface area contributed by atoms with E-state index < -0.39 is 18.6 Å². The van der Waals surface area contributed by atoms with Gasteiger partial charge in [0.05, 0.1) is 31.5 Å². The first-order valence-electron chi connectivity index (χ1n) is 16.6. The van der Waals surface area contributed by atoms with Crippen LogP contribution >= 0.6 is 27.5 Å². The van der Waals surface area contributed by atoms with Crippen LogP contribution in [0.15, 0.2) is 81.9 Å². The van der Waals surface area contributed by atoms with Crippen LogP contribution in [0, 0.1) is 0 Å². The number of benzene rings is 4. The summed E-state index contributed by atoms with van der Waals surface area (Å²) in [5.74, 6) is 0.306. The molecular weight excluding hydrogens is 760 g/mol. The molecule has 0 aliphatic heterocycles. The van der Waals surface area contributed by atoms with Crippen molar-refractivity contribution in [2.24, 2.45) is 0 Å². The van der Waals surface area contributed by atoms with Gasteiger partial charge in [-0.1, -0.05) is 48.0 Å². The summed E-state index contributed by atoms with van der Waals surface area (Å²) in [6, 6.07) is 21.2. The molecule has 0 aliphatic carbocycles. The summed E-state index contributed by atoms with van der Waals surface area (Å²) in [6.07, 6.45) is 0.745. The number of hydrogen-bond acceptors (Lipinski definition) is 12. The van der Waals surface area contributed by atoms with Crippen LogP contribution in [0.1, 0.15) is 23.1 Å². The third-order valence-corrected chi connectivity index (χ3v) is 9.41. The minimum Gasteiger partial charge on any atom is -0.494 e. The van der Waals surface area contributed by atoms with E-state index in [1.807, 2.05) is 53.4 Å². The van der Waals surface area contributed by atoms with Crippen molar-refractivity contribution in [1.29, 1.82) is 0 Å². The summed E-state index contributed by atoms with van der Waals surface area (Å²) < 4.78 is 24.1. The molecule has 52 heavy (non-hydrogen) atoms. The van der Waals surface area contributed by atoms with Crippen LogP contribution in [0.25, 0.3) is 22.2 Å². The smallest absolute Gasteiger partial charge is 0.323 e. The number of carboxylic acids is 1. The van der Waals surface area contributed by atoms with Crippen LogP contribution in [0.3, 0.4) is 0 Å². The van der Waals surface area contributed by atoms with Crippen LogP contribution < -0.4 is 19.5 Å². The molecule has 13 nitrogen and oxygen atoms in total. The zero-order chi connectivity index (χ0) is 36.9. The number of rotatable bonds is 21. The molecule has 1 aromatic heterocycles. The number of hydrogen-bond donors (Lipinski definition) is 5. The molecule has 0 aliphatic rings. The summed E-state index contributed by atoms with van der Waals surface area (Å²) >= 11 is 10.5. The number of halogens is 2. The van der Waals surface area contributed by atoms with Gasteiger partial charge in [-0.3, -0.25) is 15.0 Å². The summed E-state index contributed by atoms with van der Waals surface area (Å²) in [5.41, 5.74) is 5.32. The summed E-state index contributed by atoms with van der Waals surface area (Å²) in [5, 5.41) is 48.2. The van der Waals surface area contributed by atoms with Crippen LogP contribution in [0.2, 0.25) is 5.02 Å². The van der Waals surface area contributed by atoms with Crippen molar-refractivity contribution in [1.82, 2.24) is 20.5 Å². The Morgan fingerprint density at radius 1 is 0.865 bits per heavy atom. The zero-order valence-corrected chi connectivity index (χ0v) is 30.6. The highest BCUT2D eigenvalue weighted by Crippen LogP contribution is 2.37. The molecule has 0 radical (unpaired) electrons. The topological polar surface area (TPSA) is 180 Å². The second-order valence-electron chi connectivity index (χ2n) is 11.8. The van der Waals surface area contributed by atoms with Crippen LogP contribution in [-0.4, -0.2) is 93.7 Å². The number of carbonyl (C=O) groups is 1. The van der Waals surface area contributed by atoms with Crippen LogP contribution in [-0.2, 0) is 24.6 Å². The first-order chi connectivity index (χ1) is 25.3. The molecule has 5 aromatic rings. The fourth-order valence-electron chi connectivity index (χ4n) is 5.42. The molecule has 0 spiro atoms. The van der Waals surface area contributed by atoms with E-state index in [0.29, 0.717) is 59.4 Å². The third kappa shape index (κ3) is 10.6. The second-order valence-corrected chi connectivity index (χ2v) is 13.0. The minimum absolute atomic E-state index is 0.0404. The van der Waals surface area contributed by atoms with Crippen molar-refractivity contribution in [3.05, 3.63) is 99.0 Å². The van der Waals surface area contributed by atoms with Crippen molar-refractivity contribution < 1.29 is 44.1 Å². The molecule has 276 valence electrons. The third-order valence-electron chi connectivity index (χ3n) is 8.17. The lowest BCUT2D eigenvalue weighted by Gasteiger charge is -2.20. The molecule has 0 amide bonds. The number of nitrogens with zero attached hydrogens (tertiary/aromatic N) is 3. The molecule has 0 fully saturated rings. The Balaban J connectivity index is 1.29. The van der Waals surface area contributed by atoms with Gasteiger partial charge in [0, 0.05) is 47.8 Å². The number of fused-ring (bicyclic) bond motifs is 1. The van der Waals surface area contributed by atoms with Gasteiger partial charge in [0.15, 0.2) is 0 Å². The molecule has 1 unspecified atom stereocenters. The van der Waals surface area contributed by atoms with Gasteiger partial charge in [-0.05, 0) is 79.7 Å². The number of carboxylic acid groups (broad SMARTS) is 1. The zero-order valence-electron chi connectivity index (χ0n) is 28.2. The maximum atomic E-state index is 11.5. The van der Waals surface area contributed by atoms with Crippen molar-refractivity contribution in [3.8, 4) is 28.4 Å². The summed E-state index contributed by atoms with van der Waals surface area (Å²) in [6.45, 7) is 2.08. The maximum absolute atomic E-state index is 11.5. The van der Waals surface area contributed by atoms with Crippen molar-refractivity contribution in [3.63, 3.8) is 0 Å². The number of aliphatic hydroxyl groups is 3. The van der Waals surface area contributed by atoms with E-state index in [4.69, 9.17) is 30.4 Å². The van der Waals surface area contributed by atoms with Gasteiger partial charge in [0.1, 0.15) is 47.5 Å². The predicted octanol–water partition coefficient (Wildman–Crippen LogP) is 5.05. The largest absolute Gasteiger partial charge is 0.494 e. The van der Waals surface area contributed by atoms with E-state index in [1.165, 1.54) is 0 Å². The number of aliphatic hydroxyl groups excluding tert-OH is 3. The quantitative estimate of drug-likeness (QED) is 0.0623. The molecular formula is C37H40BrClN4O9. The molecule has 5 N–H and O–H groups in total. The second kappa shape index (κ2) is 19.5. The molecule has 15 heteroatoms. The highest BCUT2D eigenvalue weighted by molar-refractivity contribution is 9.10. The fraction of sp³-hybridized carbons (Fsp3) is 0.324. The van der Waals surface area contributed by atoms with Gasteiger partial charge in [-0.25, -0.2) is 4.63 Å². The molecule has 0 saturated carbocycles. The first-order valence-corrected chi connectivity index (χ1v) is 17.8. The van der Waals surface area contributed by atoms with Crippen molar-refractivity contribution in [2.45, 2.75) is 32.2 Å². The molecule has 5 rings (SSSR count). The highest BCUT2D eigenvalue weighted by Gasteiger charge is 2.19. The Kier molecular flexibility index (Phi) is 14.6. The normalized spacial score (nSPS) is 12.0. The SMILES string of the molecule is O=C(O)C(CO)NCc1cc(Cl)c(OCc2cccc(-c3cccc(OCCCN(CCO)CCO)c3)c2Br)cc1OCc1ccc2nonc2c1.